The fourth-order valence-electron chi connectivity index (χ4n) is 4.77. The van der Waals surface area contributed by atoms with Crippen molar-refractivity contribution in [2.24, 2.45) is 23.5 Å². The fourth-order valence-corrected chi connectivity index (χ4v) is 4.77. The fraction of sp³-hybridized carbons (Fsp3) is 0.833. The van der Waals surface area contributed by atoms with Gasteiger partial charge < -0.3 is 20.6 Å². The largest absolute Gasteiger partial charge is 0.465 e. The summed E-state index contributed by atoms with van der Waals surface area (Å²) in [6, 6.07) is -0.448. The van der Waals surface area contributed by atoms with Crippen LogP contribution in [0.3, 0.4) is 0 Å². The Morgan fingerprint density at radius 3 is 2.52 bits per heavy atom. The summed E-state index contributed by atoms with van der Waals surface area (Å²) in [5.41, 5.74) is 5.43. The van der Waals surface area contributed by atoms with E-state index in [0.29, 0.717) is 19.0 Å². The molecule has 2 aliphatic rings. The molecule has 1 saturated heterocycles. The van der Waals surface area contributed by atoms with E-state index in [1.807, 2.05) is 6.92 Å². The summed E-state index contributed by atoms with van der Waals surface area (Å²) in [5, 5.41) is 9.69. The molecular formula is C18H31N3O4. The Bertz CT molecular complexity index is 511. The standard InChI is InChI=1S/C18H31N3O4/c1-3-9-20(2)17(23)14(11-15(19)22)16-13-7-5-4-6-12(13)8-10-21(16)18(24)25/h12-14,16H,3-11H2,1-2H3,(H2,19,22)(H,24,25). The number of carboxylic acid groups (broad SMARTS) is 1. The van der Waals surface area contributed by atoms with Gasteiger partial charge >= 0.3 is 6.09 Å². The molecule has 7 nitrogen and oxygen atoms in total. The number of rotatable bonds is 6. The second-order valence-electron chi connectivity index (χ2n) is 7.50. The van der Waals surface area contributed by atoms with Crippen molar-refractivity contribution in [1.29, 1.82) is 0 Å². The molecule has 4 atom stereocenters. The summed E-state index contributed by atoms with van der Waals surface area (Å²) >= 11 is 0. The Hall–Kier alpha value is -1.79. The first-order valence-electron chi connectivity index (χ1n) is 9.39. The van der Waals surface area contributed by atoms with Crippen LogP contribution < -0.4 is 5.73 Å². The van der Waals surface area contributed by atoms with Crippen LogP contribution in [0.4, 0.5) is 4.79 Å². The lowest BCUT2D eigenvalue weighted by Gasteiger charge is -2.49. The Morgan fingerprint density at radius 1 is 1.24 bits per heavy atom. The van der Waals surface area contributed by atoms with Crippen LogP contribution >= 0.6 is 0 Å². The van der Waals surface area contributed by atoms with Gasteiger partial charge in [0, 0.05) is 26.6 Å². The molecule has 0 bridgehead atoms. The molecule has 3 amide bonds. The van der Waals surface area contributed by atoms with Crippen molar-refractivity contribution in [2.75, 3.05) is 20.1 Å². The highest BCUT2D eigenvalue weighted by atomic mass is 16.4. The van der Waals surface area contributed by atoms with Gasteiger partial charge in [0.1, 0.15) is 0 Å². The van der Waals surface area contributed by atoms with E-state index >= 15 is 0 Å². The van der Waals surface area contributed by atoms with Crippen molar-refractivity contribution < 1.29 is 19.5 Å². The van der Waals surface area contributed by atoms with Crippen LogP contribution in [0.15, 0.2) is 0 Å². The second kappa shape index (κ2) is 8.54. The van der Waals surface area contributed by atoms with Crippen LogP contribution in [0.2, 0.25) is 0 Å². The van der Waals surface area contributed by atoms with E-state index in [1.54, 1.807) is 11.9 Å². The molecule has 4 unspecified atom stereocenters. The molecule has 25 heavy (non-hydrogen) atoms. The third kappa shape index (κ3) is 4.44. The average molecular weight is 353 g/mol. The monoisotopic (exact) mass is 353 g/mol. The first kappa shape index (κ1) is 19.5. The van der Waals surface area contributed by atoms with Gasteiger partial charge in [0.15, 0.2) is 0 Å². The van der Waals surface area contributed by atoms with Crippen molar-refractivity contribution in [3.05, 3.63) is 0 Å². The molecule has 1 heterocycles. The first-order valence-corrected chi connectivity index (χ1v) is 9.39. The average Bonchev–Trinajstić information content (AvgIpc) is 2.58. The van der Waals surface area contributed by atoms with Crippen molar-refractivity contribution in [3.63, 3.8) is 0 Å². The second-order valence-corrected chi connectivity index (χ2v) is 7.50. The minimum absolute atomic E-state index is 0.0927. The van der Waals surface area contributed by atoms with Crippen LogP contribution in [0.5, 0.6) is 0 Å². The smallest absolute Gasteiger partial charge is 0.407 e. The van der Waals surface area contributed by atoms with Crippen LogP contribution in [0.1, 0.15) is 51.9 Å². The van der Waals surface area contributed by atoms with E-state index in [-0.39, 0.29) is 18.2 Å². The molecule has 0 aromatic rings. The summed E-state index contributed by atoms with van der Waals surface area (Å²) in [6.07, 6.45) is 4.76. The van der Waals surface area contributed by atoms with Gasteiger partial charge in [-0.1, -0.05) is 26.2 Å². The van der Waals surface area contributed by atoms with E-state index in [4.69, 9.17) is 5.73 Å². The maximum Gasteiger partial charge on any atom is 0.407 e. The lowest BCUT2D eigenvalue weighted by molar-refractivity contribution is -0.142. The van der Waals surface area contributed by atoms with Crippen molar-refractivity contribution >= 4 is 17.9 Å². The van der Waals surface area contributed by atoms with Gasteiger partial charge in [-0.25, -0.2) is 4.79 Å². The molecule has 0 aromatic carbocycles. The lowest BCUT2D eigenvalue weighted by atomic mass is 9.67. The molecule has 0 aromatic heterocycles. The predicted molar refractivity (Wildman–Crippen MR) is 93.8 cm³/mol. The third-order valence-electron chi connectivity index (χ3n) is 5.84. The highest BCUT2D eigenvalue weighted by Gasteiger charge is 2.47. The number of piperidine rings is 1. The Kier molecular flexibility index (Phi) is 6.67. The van der Waals surface area contributed by atoms with E-state index < -0.39 is 24.0 Å². The molecule has 0 spiro atoms. The predicted octanol–water partition coefficient (Wildman–Crippen LogP) is 1.91. The highest BCUT2D eigenvalue weighted by molar-refractivity contribution is 5.86. The topological polar surface area (TPSA) is 104 Å². The van der Waals surface area contributed by atoms with Gasteiger partial charge in [0.2, 0.25) is 11.8 Å². The van der Waals surface area contributed by atoms with Crippen molar-refractivity contribution in [1.82, 2.24) is 9.80 Å². The molecule has 1 saturated carbocycles. The Labute approximate surface area is 149 Å². The number of likely N-dealkylation sites (tertiary alicyclic amines) is 1. The third-order valence-corrected chi connectivity index (χ3v) is 5.84. The number of carbonyl (C=O) groups is 3. The van der Waals surface area contributed by atoms with Gasteiger partial charge in [-0.15, -0.1) is 0 Å². The van der Waals surface area contributed by atoms with Gasteiger partial charge in [0.25, 0.3) is 0 Å². The van der Waals surface area contributed by atoms with Gasteiger partial charge in [-0.3, -0.25) is 9.59 Å². The maximum atomic E-state index is 13.0. The molecule has 1 aliphatic carbocycles. The van der Waals surface area contributed by atoms with Crippen molar-refractivity contribution in [2.45, 2.75) is 57.9 Å². The number of primary amides is 1. The molecule has 0 radical (unpaired) electrons. The molecule has 2 rings (SSSR count). The van der Waals surface area contributed by atoms with E-state index in [0.717, 1.165) is 38.5 Å². The molecular weight excluding hydrogens is 322 g/mol. The Balaban J connectivity index is 2.35. The Morgan fingerprint density at radius 2 is 1.92 bits per heavy atom. The van der Waals surface area contributed by atoms with Crippen molar-refractivity contribution in [3.8, 4) is 0 Å². The van der Waals surface area contributed by atoms with Gasteiger partial charge in [-0.2, -0.15) is 0 Å². The van der Waals surface area contributed by atoms with Gasteiger partial charge in [-0.05, 0) is 31.1 Å². The van der Waals surface area contributed by atoms with Crippen LogP contribution in [0, 0.1) is 17.8 Å². The zero-order chi connectivity index (χ0) is 18.6. The normalized spacial score (nSPS) is 27.3. The summed E-state index contributed by atoms with van der Waals surface area (Å²) in [7, 11) is 1.71. The number of amides is 3. The SMILES string of the molecule is CCCN(C)C(=O)C(CC(N)=O)C1C2CCCCC2CCN1C(=O)O. The number of carbonyl (C=O) groups excluding carboxylic acids is 2. The van der Waals surface area contributed by atoms with E-state index in [2.05, 4.69) is 0 Å². The lowest BCUT2D eigenvalue weighted by Crippen LogP contribution is -2.58. The first-order chi connectivity index (χ1) is 11.9. The van der Waals surface area contributed by atoms with Gasteiger partial charge in [0.05, 0.1) is 12.0 Å². The van der Waals surface area contributed by atoms with E-state index in [1.165, 1.54) is 4.90 Å². The zero-order valence-corrected chi connectivity index (χ0v) is 15.3. The quantitative estimate of drug-likeness (QED) is 0.761. The molecule has 1 aliphatic heterocycles. The number of nitrogens with two attached hydrogens (primary N) is 1. The summed E-state index contributed by atoms with van der Waals surface area (Å²) < 4.78 is 0. The number of hydrogen-bond acceptors (Lipinski definition) is 3. The van der Waals surface area contributed by atoms with Crippen LogP contribution in [-0.4, -0.2) is 59.0 Å². The molecule has 7 heteroatoms. The molecule has 3 N–H and O–H groups in total. The van der Waals surface area contributed by atoms with Crippen LogP contribution in [0.25, 0.3) is 0 Å². The summed E-state index contributed by atoms with van der Waals surface area (Å²) in [5.74, 6) is -0.818. The summed E-state index contributed by atoms with van der Waals surface area (Å²) in [4.78, 5) is 39.5. The minimum Gasteiger partial charge on any atom is -0.465 e. The highest BCUT2D eigenvalue weighted by Crippen LogP contribution is 2.43. The number of hydrogen-bond donors (Lipinski definition) is 2. The molecule has 2 fully saturated rings. The molecule has 142 valence electrons. The number of fused-ring (bicyclic) bond motifs is 1. The zero-order valence-electron chi connectivity index (χ0n) is 15.3. The minimum atomic E-state index is -1.01. The maximum absolute atomic E-state index is 13.0. The van der Waals surface area contributed by atoms with E-state index in [9.17, 15) is 19.5 Å². The van der Waals surface area contributed by atoms with Crippen LogP contribution in [-0.2, 0) is 9.59 Å². The number of nitrogens with zero attached hydrogens (tertiary/aromatic N) is 2. The summed E-state index contributed by atoms with van der Waals surface area (Å²) in [6.45, 7) is 3.00.